The zero-order chi connectivity index (χ0) is 25.1. The molecule has 2 aliphatic heterocycles. The molecule has 0 unspecified atom stereocenters. The van der Waals surface area contributed by atoms with Crippen molar-refractivity contribution in [2.45, 2.75) is 44.9 Å². The molecular weight excluding hydrogens is 476 g/mol. The van der Waals surface area contributed by atoms with Gasteiger partial charge in [-0.2, -0.15) is 0 Å². The lowest BCUT2D eigenvalue weighted by molar-refractivity contribution is -0.149. The molecule has 0 spiro atoms. The molecule has 4 heterocycles. The van der Waals surface area contributed by atoms with Gasteiger partial charge in [0, 0.05) is 54.6 Å². The van der Waals surface area contributed by atoms with Gasteiger partial charge < -0.3 is 19.5 Å². The highest BCUT2D eigenvalue weighted by atomic mass is 32.1. The highest BCUT2D eigenvalue weighted by molar-refractivity contribution is 7.09. The summed E-state index contributed by atoms with van der Waals surface area (Å²) in [6.07, 6.45) is 5.30. The van der Waals surface area contributed by atoms with Crippen LogP contribution in [0.5, 0.6) is 0 Å². The minimum absolute atomic E-state index is 0.0637. The lowest BCUT2D eigenvalue weighted by Gasteiger charge is -2.31. The molecule has 2 saturated heterocycles. The lowest BCUT2D eigenvalue weighted by atomic mass is 9.96. The van der Waals surface area contributed by atoms with E-state index in [9.17, 15) is 14.4 Å². The first-order valence-corrected chi connectivity index (χ1v) is 13.7. The van der Waals surface area contributed by atoms with E-state index in [1.54, 1.807) is 4.90 Å². The maximum Gasteiger partial charge on any atom is 0.309 e. The number of aromatic amines is 1. The van der Waals surface area contributed by atoms with Crippen molar-refractivity contribution in [1.29, 1.82) is 0 Å². The minimum atomic E-state index is -0.160. The summed E-state index contributed by atoms with van der Waals surface area (Å²) in [7, 11) is 0. The maximum absolute atomic E-state index is 13.0. The SMILES string of the molecule is CCOC(=O)C1CCN(C(=O)c2csc(C3CCN(C(=O)Cc4c[nH]c5ccccc45)CC3)n2)CC1. The molecule has 0 radical (unpaired) electrons. The third-order valence-electron chi connectivity index (χ3n) is 7.36. The summed E-state index contributed by atoms with van der Waals surface area (Å²) in [6.45, 7) is 4.70. The molecule has 1 aromatic carbocycles. The molecule has 0 bridgehead atoms. The molecular formula is C27H32N4O4S. The smallest absolute Gasteiger partial charge is 0.309 e. The van der Waals surface area contributed by atoms with Crippen molar-refractivity contribution in [2.24, 2.45) is 5.92 Å². The number of hydrogen-bond donors (Lipinski definition) is 1. The molecule has 2 fully saturated rings. The summed E-state index contributed by atoms with van der Waals surface area (Å²) < 4.78 is 5.12. The van der Waals surface area contributed by atoms with E-state index in [0.29, 0.717) is 57.7 Å². The Kier molecular flexibility index (Phi) is 7.36. The van der Waals surface area contributed by atoms with Crippen LogP contribution in [0.3, 0.4) is 0 Å². The van der Waals surface area contributed by atoms with Crippen molar-refractivity contribution in [3.63, 3.8) is 0 Å². The monoisotopic (exact) mass is 508 g/mol. The summed E-state index contributed by atoms with van der Waals surface area (Å²) in [5.41, 5.74) is 2.58. The number of nitrogens with one attached hydrogen (secondary N) is 1. The molecule has 0 saturated carbocycles. The van der Waals surface area contributed by atoms with Crippen LogP contribution in [0, 0.1) is 5.92 Å². The second kappa shape index (κ2) is 10.8. The van der Waals surface area contributed by atoms with Crippen molar-refractivity contribution in [3.8, 4) is 0 Å². The van der Waals surface area contributed by atoms with Crippen LogP contribution in [0.4, 0.5) is 0 Å². The second-order valence-corrected chi connectivity index (χ2v) is 10.5. The van der Waals surface area contributed by atoms with Crippen molar-refractivity contribution in [2.75, 3.05) is 32.8 Å². The van der Waals surface area contributed by atoms with Gasteiger partial charge in [-0.1, -0.05) is 18.2 Å². The number of amides is 2. The Morgan fingerprint density at radius 3 is 2.53 bits per heavy atom. The minimum Gasteiger partial charge on any atom is -0.466 e. The van der Waals surface area contributed by atoms with Crippen molar-refractivity contribution in [3.05, 3.63) is 52.1 Å². The quantitative estimate of drug-likeness (QED) is 0.508. The van der Waals surface area contributed by atoms with Crippen LogP contribution >= 0.6 is 11.3 Å². The third-order valence-corrected chi connectivity index (χ3v) is 8.36. The van der Waals surface area contributed by atoms with Crippen molar-refractivity contribution < 1.29 is 19.1 Å². The normalized spacial score (nSPS) is 17.5. The number of carbonyl (C=O) groups is 3. The number of likely N-dealkylation sites (tertiary alicyclic amines) is 2. The van der Waals surface area contributed by atoms with E-state index in [2.05, 4.69) is 9.97 Å². The number of esters is 1. The average Bonchev–Trinajstić information content (AvgIpc) is 3.57. The first-order valence-electron chi connectivity index (χ1n) is 12.8. The number of para-hydroxylation sites is 1. The average molecular weight is 509 g/mol. The number of rotatable bonds is 6. The van der Waals surface area contributed by atoms with Gasteiger partial charge in [0.25, 0.3) is 5.91 Å². The number of fused-ring (bicyclic) bond motifs is 1. The van der Waals surface area contributed by atoms with Gasteiger partial charge in [0.1, 0.15) is 5.69 Å². The highest BCUT2D eigenvalue weighted by Gasteiger charge is 2.31. The third kappa shape index (κ3) is 5.16. The summed E-state index contributed by atoms with van der Waals surface area (Å²) in [6, 6.07) is 8.05. The van der Waals surface area contributed by atoms with Gasteiger partial charge in [0.2, 0.25) is 5.91 Å². The van der Waals surface area contributed by atoms with Crippen LogP contribution in [0.2, 0.25) is 0 Å². The molecule has 0 atom stereocenters. The van der Waals surface area contributed by atoms with E-state index >= 15 is 0 Å². The highest BCUT2D eigenvalue weighted by Crippen LogP contribution is 2.31. The molecule has 1 N–H and O–H groups in total. The number of ether oxygens (including phenoxy) is 1. The Balaban J connectivity index is 1.12. The van der Waals surface area contributed by atoms with E-state index in [-0.39, 0.29) is 29.6 Å². The van der Waals surface area contributed by atoms with Gasteiger partial charge >= 0.3 is 5.97 Å². The van der Waals surface area contributed by atoms with Gasteiger partial charge in [-0.3, -0.25) is 14.4 Å². The van der Waals surface area contributed by atoms with Crippen LogP contribution in [-0.4, -0.2) is 70.3 Å². The Morgan fingerprint density at radius 2 is 1.78 bits per heavy atom. The Hall–Kier alpha value is -3.20. The Morgan fingerprint density at radius 1 is 1.06 bits per heavy atom. The first kappa shape index (κ1) is 24.5. The van der Waals surface area contributed by atoms with Crippen LogP contribution in [0.1, 0.15) is 59.6 Å². The van der Waals surface area contributed by atoms with Gasteiger partial charge in [0.05, 0.1) is 24.0 Å². The second-order valence-electron chi connectivity index (χ2n) is 9.58. The molecule has 9 heteroatoms. The van der Waals surface area contributed by atoms with Gasteiger partial charge in [0.15, 0.2) is 0 Å². The van der Waals surface area contributed by atoms with E-state index in [1.165, 1.54) is 11.3 Å². The fourth-order valence-corrected chi connectivity index (χ4v) is 6.21. The molecule has 8 nitrogen and oxygen atoms in total. The number of nitrogens with zero attached hydrogens (tertiary/aromatic N) is 3. The topological polar surface area (TPSA) is 95.6 Å². The lowest BCUT2D eigenvalue weighted by Crippen LogP contribution is -2.40. The number of piperidine rings is 2. The van der Waals surface area contributed by atoms with Crippen molar-refractivity contribution >= 4 is 40.0 Å². The molecule has 190 valence electrons. The Labute approximate surface area is 214 Å². The number of carbonyl (C=O) groups excluding carboxylic acids is 3. The van der Waals surface area contributed by atoms with Crippen LogP contribution in [0.15, 0.2) is 35.8 Å². The fraction of sp³-hybridized carbons (Fsp3) is 0.481. The zero-order valence-electron chi connectivity index (χ0n) is 20.6. The van der Waals surface area contributed by atoms with E-state index in [4.69, 9.17) is 4.74 Å². The standard InChI is InChI=1S/C27H32N4O4S/c1-2-35-27(34)19-9-13-31(14-10-19)26(33)23-17-36-25(29-23)18-7-11-30(12-8-18)24(32)15-20-16-28-22-6-4-3-5-21(20)22/h3-6,16-19,28H,2,7-15H2,1H3. The number of H-pyrrole nitrogens is 1. The number of aromatic nitrogens is 2. The summed E-state index contributed by atoms with van der Waals surface area (Å²) in [4.78, 5) is 49.6. The predicted octanol–water partition coefficient (Wildman–Crippen LogP) is 3.99. The van der Waals surface area contributed by atoms with Crippen LogP contribution < -0.4 is 0 Å². The molecule has 36 heavy (non-hydrogen) atoms. The molecule has 2 aromatic heterocycles. The van der Waals surface area contributed by atoms with Gasteiger partial charge in [-0.15, -0.1) is 11.3 Å². The van der Waals surface area contributed by atoms with E-state index in [0.717, 1.165) is 34.3 Å². The molecule has 5 rings (SSSR count). The van der Waals surface area contributed by atoms with E-state index in [1.807, 2.05) is 47.7 Å². The number of thiazole rings is 1. The summed E-state index contributed by atoms with van der Waals surface area (Å²) >= 11 is 1.53. The first-order chi connectivity index (χ1) is 17.5. The Bertz CT molecular complexity index is 1240. The number of hydrogen-bond acceptors (Lipinski definition) is 6. The largest absolute Gasteiger partial charge is 0.466 e. The molecule has 0 aliphatic carbocycles. The number of benzene rings is 1. The maximum atomic E-state index is 13.0. The summed E-state index contributed by atoms with van der Waals surface area (Å²) in [5, 5.41) is 3.93. The summed E-state index contributed by atoms with van der Waals surface area (Å²) in [5.74, 6) is 0.0736. The van der Waals surface area contributed by atoms with Crippen LogP contribution in [0.25, 0.3) is 10.9 Å². The fourth-order valence-electron chi connectivity index (χ4n) is 5.24. The zero-order valence-corrected chi connectivity index (χ0v) is 21.4. The van der Waals surface area contributed by atoms with Gasteiger partial charge in [-0.05, 0) is 44.2 Å². The molecule has 2 aliphatic rings. The van der Waals surface area contributed by atoms with Crippen LogP contribution in [-0.2, 0) is 20.7 Å². The van der Waals surface area contributed by atoms with E-state index < -0.39 is 0 Å². The predicted molar refractivity (Wildman–Crippen MR) is 138 cm³/mol. The molecule has 3 aromatic rings. The van der Waals surface area contributed by atoms with Gasteiger partial charge in [-0.25, -0.2) is 4.98 Å². The molecule has 2 amide bonds. The van der Waals surface area contributed by atoms with Crippen molar-refractivity contribution in [1.82, 2.24) is 19.8 Å².